The van der Waals surface area contributed by atoms with Crippen molar-refractivity contribution in [3.05, 3.63) is 5.82 Å². The van der Waals surface area contributed by atoms with Crippen LogP contribution in [0, 0.1) is 6.92 Å². The molecule has 0 aromatic carbocycles. The first-order valence-electron chi connectivity index (χ1n) is 6.04. The summed E-state index contributed by atoms with van der Waals surface area (Å²) >= 11 is 1.45. The average molecular weight is 240 g/mol. The van der Waals surface area contributed by atoms with Gasteiger partial charge in [-0.25, -0.2) is 4.98 Å². The third-order valence-electron chi connectivity index (χ3n) is 3.09. The highest BCUT2D eigenvalue weighted by molar-refractivity contribution is 7.09. The molecule has 2 heterocycles. The molecule has 0 saturated carbocycles. The van der Waals surface area contributed by atoms with E-state index in [0.29, 0.717) is 6.04 Å². The van der Waals surface area contributed by atoms with Crippen molar-refractivity contribution in [3.63, 3.8) is 0 Å². The van der Waals surface area contributed by atoms with Gasteiger partial charge in [-0.3, -0.25) is 4.90 Å². The van der Waals surface area contributed by atoms with Gasteiger partial charge in [0, 0.05) is 24.1 Å². The van der Waals surface area contributed by atoms with Crippen molar-refractivity contribution >= 4 is 16.7 Å². The van der Waals surface area contributed by atoms with Gasteiger partial charge in [0.1, 0.15) is 5.82 Å². The van der Waals surface area contributed by atoms with E-state index < -0.39 is 0 Å². The van der Waals surface area contributed by atoms with Crippen molar-refractivity contribution in [1.82, 2.24) is 14.3 Å². The molecule has 1 aromatic heterocycles. The summed E-state index contributed by atoms with van der Waals surface area (Å²) in [6.07, 6.45) is 4.09. The third-order valence-corrected chi connectivity index (χ3v) is 3.85. The minimum Gasteiger partial charge on any atom is -0.359 e. The van der Waals surface area contributed by atoms with E-state index in [1.54, 1.807) is 0 Å². The van der Waals surface area contributed by atoms with Gasteiger partial charge >= 0.3 is 0 Å². The summed E-state index contributed by atoms with van der Waals surface area (Å²) in [5.74, 6) is 0.859. The molecule has 0 aliphatic carbocycles. The van der Waals surface area contributed by atoms with Crippen LogP contribution in [0.3, 0.4) is 0 Å². The van der Waals surface area contributed by atoms with Crippen molar-refractivity contribution in [2.45, 2.75) is 39.2 Å². The monoisotopic (exact) mass is 240 g/mol. The predicted molar refractivity (Wildman–Crippen MR) is 68.0 cm³/mol. The van der Waals surface area contributed by atoms with Gasteiger partial charge < -0.3 is 5.32 Å². The number of nitrogens with one attached hydrogen (secondary N) is 1. The molecule has 1 fully saturated rings. The Morgan fingerprint density at radius 1 is 1.38 bits per heavy atom. The Labute approximate surface area is 101 Å². The Kier molecular flexibility index (Phi) is 4.12. The Hall–Kier alpha value is -0.680. The molecule has 1 saturated heterocycles. The lowest BCUT2D eigenvalue weighted by Crippen LogP contribution is -2.41. The van der Waals surface area contributed by atoms with E-state index in [-0.39, 0.29) is 0 Å². The number of rotatable bonds is 4. The van der Waals surface area contributed by atoms with E-state index in [4.69, 9.17) is 0 Å². The Morgan fingerprint density at radius 2 is 2.12 bits per heavy atom. The Bertz CT molecular complexity index is 320. The van der Waals surface area contributed by atoms with Crippen LogP contribution in [0.15, 0.2) is 0 Å². The molecule has 1 atom stereocenters. The maximum atomic E-state index is 4.31. The van der Waals surface area contributed by atoms with Crippen LogP contribution < -0.4 is 5.32 Å². The Morgan fingerprint density at radius 3 is 2.75 bits per heavy atom. The van der Waals surface area contributed by atoms with Crippen LogP contribution in [0.25, 0.3) is 0 Å². The van der Waals surface area contributed by atoms with Gasteiger partial charge in [0.05, 0.1) is 0 Å². The second-order valence-corrected chi connectivity index (χ2v) is 5.23. The SMILES string of the molecule is Cc1nsc(NCC(C)N2CCCCC2)n1. The van der Waals surface area contributed by atoms with E-state index in [9.17, 15) is 0 Å². The molecule has 1 aromatic rings. The lowest BCUT2D eigenvalue weighted by Gasteiger charge is -2.32. The van der Waals surface area contributed by atoms with Crippen molar-refractivity contribution in [1.29, 1.82) is 0 Å². The number of anilines is 1. The number of hydrogen-bond donors (Lipinski definition) is 1. The highest BCUT2D eigenvalue weighted by Gasteiger charge is 2.16. The number of piperidine rings is 1. The predicted octanol–water partition coefficient (Wildman–Crippen LogP) is 2.13. The van der Waals surface area contributed by atoms with Gasteiger partial charge in [0.25, 0.3) is 0 Å². The Balaban J connectivity index is 1.76. The first-order valence-corrected chi connectivity index (χ1v) is 6.81. The van der Waals surface area contributed by atoms with E-state index in [1.807, 2.05) is 6.92 Å². The zero-order valence-corrected chi connectivity index (χ0v) is 10.9. The van der Waals surface area contributed by atoms with Crippen molar-refractivity contribution in [2.75, 3.05) is 25.0 Å². The van der Waals surface area contributed by atoms with Crippen LogP contribution in [-0.4, -0.2) is 39.9 Å². The highest BCUT2D eigenvalue weighted by atomic mass is 32.1. The zero-order valence-electron chi connectivity index (χ0n) is 10.1. The molecule has 0 bridgehead atoms. The lowest BCUT2D eigenvalue weighted by molar-refractivity contribution is 0.180. The molecule has 0 radical (unpaired) electrons. The largest absolute Gasteiger partial charge is 0.359 e. The topological polar surface area (TPSA) is 41.1 Å². The van der Waals surface area contributed by atoms with E-state index in [2.05, 4.69) is 26.5 Å². The van der Waals surface area contributed by atoms with Crippen LogP contribution in [0.4, 0.5) is 5.13 Å². The molecule has 1 unspecified atom stereocenters. The van der Waals surface area contributed by atoms with Crippen LogP contribution in [0.2, 0.25) is 0 Å². The van der Waals surface area contributed by atoms with Crippen LogP contribution in [0.1, 0.15) is 32.0 Å². The maximum Gasteiger partial charge on any atom is 0.202 e. The first kappa shape index (κ1) is 11.8. The van der Waals surface area contributed by atoms with Crippen molar-refractivity contribution in [2.24, 2.45) is 0 Å². The summed E-state index contributed by atoms with van der Waals surface area (Å²) in [6, 6.07) is 0.588. The molecule has 4 nitrogen and oxygen atoms in total. The number of hydrogen-bond acceptors (Lipinski definition) is 5. The fourth-order valence-corrected chi connectivity index (χ4v) is 2.67. The molecular formula is C11H20N4S. The van der Waals surface area contributed by atoms with Crippen molar-refractivity contribution < 1.29 is 0 Å². The summed E-state index contributed by atoms with van der Waals surface area (Å²) in [6.45, 7) is 7.67. The number of likely N-dealkylation sites (tertiary alicyclic amines) is 1. The smallest absolute Gasteiger partial charge is 0.202 e. The second-order valence-electron chi connectivity index (χ2n) is 4.47. The average Bonchev–Trinajstić information content (AvgIpc) is 2.73. The summed E-state index contributed by atoms with van der Waals surface area (Å²) in [5.41, 5.74) is 0. The third kappa shape index (κ3) is 3.15. The molecule has 1 aliphatic heterocycles. The quantitative estimate of drug-likeness (QED) is 0.875. The number of aromatic nitrogens is 2. The molecule has 90 valence electrons. The summed E-state index contributed by atoms with van der Waals surface area (Å²) in [4.78, 5) is 6.87. The van der Waals surface area contributed by atoms with Crippen LogP contribution >= 0.6 is 11.5 Å². The number of aryl methyl sites for hydroxylation is 1. The molecule has 16 heavy (non-hydrogen) atoms. The van der Waals surface area contributed by atoms with Crippen molar-refractivity contribution in [3.8, 4) is 0 Å². The first-order chi connectivity index (χ1) is 7.75. The van der Waals surface area contributed by atoms with Gasteiger partial charge in [0.2, 0.25) is 5.13 Å². The molecule has 0 amide bonds. The standard InChI is InChI=1S/C11H20N4S/c1-9(15-6-4-3-5-7-15)8-12-11-13-10(2)14-16-11/h9H,3-8H2,1-2H3,(H,12,13,14). The van der Waals surface area contributed by atoms with E-state index in [1.165, 1.54) is 43.9 Å². The fraction of sp³-hybridized carbons (Fsp3) is 0.818. The maximum absolute atomic E-state index is 4.31. The molecule has 1 N–H and O–H groups in total. The van der Waals surface area contributed by atoms with Gasteiger partial charge in [0.15, 0.2) is 0 Å². The van der Waals surface area contributed by atoms with Gasteiger partial charge in [-0.2, -0.15) is 4.37 Å². The normalized spacial score (nSPS) is 19.6. The molecule has 0 spiro atoms. The summed E-state index contributed by atoms with van der Waals surface area (Å²) in [5, 5.41) is 4.31. The summed E-state index contributed by atoms with van der Waals surface area (Å²) in [7, 11) is 0. The van der Waals surface area contributed by atoms with Crippen LogP contribution in [-0.2, 0) is 0 Å². The minimum atomic E-state index is 0.588. The second kappa shape index (κ2) is 5.59. The highest BCUT2D eigenvalue weighted by Crippen LogP contribution is 2.14. The fourth-order valence-electron chi connectivity index (χ4n) is 2.09. The summed E-state index contributed by atoms with van der Waals surface area (Å²) < 4.78 is 4.16. The molecule has 2 rings (SSSR count). The molecule has 1 aliphatic rings. The van der Waals surface area contributed by atoms with Gasteiger partial charge in [-0.15, -0.1) is 0 Å². The van der Waals surface area contributed by atoms with Crippen LogP contribution in [0.5, 0.6) is 0 Å². The molecule has 5 heteroatoms. The van der Waals surface area contributed by atoms with E-state index >= 15 is 0 Å². The zero-order chi connectivity index (χ0) is 11.4. The van der Waals surface area contributed by atoms with Gasteiger partial charge in [-0.05, 0) is 39.8 Å². The van der Waals surface area contributed by atoms with Gasteiger partial charge in [-0.1, -0.05) is 6.42 Å². The minimum absolute atomic E-state index is 0.588. The lowest BCUT2D eigenvalue weighted by atomic mass is 10.1. The van der Waals surface area contributed by atoms with E-state index in [0.717, 1.165) is 17.5 Å². The molecular weight excluding hydrogens is 220 g/mol. The number of nitrogens with zero attached hydrogens (tertiary/aromatic N) is 3.